The lowest BCUT2D eigenvalue weighted by Gasteiger charge is -2.51. The second-order valence-corrected chi connectivity index (χ2v) is 6.26. The van der Waals surface area contributed by atoms with Gasteiger partial charge in [0.05, 0.1) is 12.5 Å². The van der Waals surface area contributed by atoms with Crippen molar-refractivity contribution in [3.8, 4) is 0 Å². The maximum atomic E-state index is 12.0. The second-order valence-electron chi connectivity index (χ2n) is 5.74. The monoisotopic (exact) mass is 279 g/mol. The lowest BCUT2D eigenvalue weighted by Crippen LogP contribution is -2.62. The molecule has 0 radical (unpaired) electrons. The fourth-order valence-electron chi connectivity index (χ4n) is 2.57. The number of hydrogen-bond donors (Lipinski definition) is 2. The number of nitrogens with one attached hydrogen (secondary N) is 1. The number of hydrogen-bond acceptors (Lipinski definition) is 3. The first-order chi connectivity index (χ1) is 8.93. The summed E-state index contributed by atoms with van der Waals surface area (Å²) in [5.74, 6) is 0.0690. The zero-order valence-corrected chi connectivity index (χ0v) is 12.5. The van der Waals surface area contributed by atoms with E-state index < -0.39 is 0 Å². The third-order valence-electron chi connectivity index (χ3n) is 4.10. The van der Waals surface area contributed by atoms with Gasteiger partial charge in [0.15, 0.2) is 0 Å². The maximum Gasteiger partial charge on any atom is 0.224 e. The van der Waals surface area contributed by atoms with E-state index in [1.54, 1.807) is 7.11 Å². The van der Waals surface area contributed by atoms with E-state index >= 15 is 0 Å². The topological polar surface area (TPSA) is 38.3 Å². The van der Waals surface area contributed by atoms with Crippen LogP contribution >= 0.6 is 12.6 Å². The molecule has 0 heterocycles. The van der Waals surface area contributed by atoms with Crippen LogP contribution in [0.15, 0.2) is 29.2 Å². The first kappa shape index (κ1) is 14.4. The predicted octanol–water partition coefficient (Wildman–Crippen LogP) is 2.45. The smallest absolute Gasteiger partial charge is 0.224 e. The van der Waals surface area contributed by atoms with Gasteiger partial charge in [-0.2, -0.15) is 0 Å². The molecule has 1 aromatic rings. The molecule has 1 N–H and O–H groups in total. The molecule has 2 unspecified atom stereocenters. The van der Waals surface area contributed by atoms with Crippen LogP contribution < -0.4 is 5.32 Å². The number of ether oxygens (including phenoxy) is 1. The van der Waals surface area contributed by atoms with Crippen LogP contribution in [0.3, 0.4) is 0 Å². The highest BCUT2D eigenvalue weighted by molar-refractivity contribution is 7.80. The van der Waals surface area contributed by atoms with Crippen molar-refractivity contribution in [1.29, 1.82) is 0 Å². The molecule has 2 atom stereocenters. The lowest BCUT2D eigenvalue weighted by atomic mass is 9.64. The normalized spacial score (nSPS) is 24.6. The Labute approximate surface area is 120 Å². The van der Waals surface area contributed by atoms with Crippen LogP contribution in [0.1, 0.15) is 25.8 Å². The Balaban J connectivity index is 1.87. The number of rotatable bonds is 4. The Morgan fingerprint density at radius 1 is 1.42 bits per heavy atom. The van der Waals surface area contributed by atoms with E-state index in [9.17, 15) is 4.79 Å². The summed E-state index contributed by atoms with van der Waals surface area (Å²) in [5, 5.41) is 3.10. The predicted molar refractivity (Wildman–Crippen MR) is 78.5 cm³/mol. The highest BCUT2D eigenvalue weighted by Gasteiger charge is 2.49. The fourth-order valence-corrected chi connectivity index (χ4v) is 2.72. The van der Waals surface area contributed by atoms with Crippen LogP contribution in [0.2, 0.25) is 0 Å². The Hall–Kier alpha value is -1.00. The van der Waals surface area contributed by atoms with Crippen molar-refractivity contribution >= 4 is 18.5 Å². The molecule has 3 nitrogen and oxygen atoms in total. The molecule has 1 saturated carbocycles. The quantitative estimate of drug-likeness (QED) is 0.831. The molecule has 0 aromatic heterocycles. The number of thiol groups is 1. The van der Waals surface area contributed by atoms with Gasteiger partial charge in [0.1, 0.15) is 0 Å². The van der Waals surface area contributed by atoms with E-state index in [0.717, 1.165) is 16.9 Å². The molecule has 0 spiro atoms. The summed E-state index contributed by atoms with van der Waals surface area (Å²) in [6.07, 6.45) is 1.55. The van der Waals surface area contributed by atoms with E-state index in [1.807, 2.05) is 24.3 Å². The van der Waals surface area contributed by atoms with Crippen molar-refractivity contribution in [2.24, 2.45) is 5.41 Å². The van der Waals surface area contributed by atoms with Crippen LogP contribution in [-0.2, 0) is 16.0 Å². The Morgan fingerprint density at radius 3 is 2.58 bits per heavy atom. The number of amides is 1. The van der Waals surface area contributed by atoms with Gasteiger partial charge >= 0.3 is 0 Å². The largest absolute Gasteiger partial charge is 0.381 e. The second kappa shape index (κ2) is 5.55. The minimum Gasteiger partial charge on any atom is -0.381 e. The number of methoxy groups -OCH3 is 1. The summed E-state index contributed by atoms with van der Waals surface area (Å²) in [5.41, 5.74) is 1.02. The van der Waals surface area contributed by atoms with Crippen LogP contribution in [0.5, 0.6) is 0 Å². The summed E-state index contributed by atoms with van der Waals surface area (Å²) >= 11 is 4.23. The van der Waals surface area contributed by atoms with E-state index in [0.29, 0.717) is 6.42 Å². The number of benzene rings is 1. The number of carbonyl (C=O) groups excluding carboxylic acids is 1. The zero-order chi connectivity index (χ0) is 14.0. The van der Waals surface area contributed by atoms with Crippen molar-refractivity contribution in [3.63, 3.8) is 0 Å². The third-order valence-corrected chi connectivity index (χ3v) is 4.40. The third kappa shape index (κ3) is 3.12. The maximum absolute atomic E-state index is 12.0. The van der Waals surface area contributed by atoms with Crippen LogP contribution in [0.25, 0.3) is 0 Å². The van der Waals surface area contributed by atoms with Crippen LogP contribution in [0.4, 0.5) is 0 Å². The first-order valence-electron chi connectivity index (χ1n) is 6.53. The highest BCUT2D eigenvalue weighted by atomic mass is 32.1. The van der Waals surface area contributed by atoms with Crippen LogP contribution in [0, 0.1) is 5.41 Å². The van der Waals surface area contributed by atoms with Gasteiger partial charge in [-0.25, -0.2) is 0 Å². The standard InChI is InChI=1S/C15H21NO2S/c1-15(2)12(9-13(15)18-3)16-14(17)8-10-4-6-11(19)7-5-10/h4-7,12-13,19H,8-9H2,1-3H3,(H,16,17). The SMILES string of the molecule is COC1CC(NC(=O)Cc2ccc(S)cc2)C1(C)C. The molecule has 0 bridgehead atoms. The van der Waals surface area contributed by atoms with E-state index in [4.69, 9.17) is 4.74 Å². The Morgan fingerprint density at radius 2 is 2.05 bits per heavy atom. The average molecular weight is 279 g/mol. The summed E-state index contributed by atoms with van der Waals surface area (Å²) in [7, 11) is 1.73. The molecular formula is C15H21NO2S. The van der Waals surface area contributed by atoms with E-state index in [2.05, 4.69) is 31.8 Å². The van der Waals surface area contributed by atoms with Gasteiger partial charge in [0.25, 0.3) is 0 Å². The molecule has 1 aromatic carbocycles. The summed E-state index contributed by atoms with van der Waals surface area (Å²) in [6.45, 7) is 4.26. The molecule has 4 heteroatoms. The van der Waals surface area contributed by atoms with Crippen molar-refractivity contribution in [1.82, 2.24) is 5.32 Å². The van der Waals surface area contributed by atoms with E-state index in [-0.39, 0.29) is 23.5 Å². The van der Waals surface area contributed by atoms with Crippen molar-refractivity contribution in [2.45, 2.75) is 43.7 Å². The summed E-state index contributed by atoms with van der Waals surface area (Å²) in [6, 6.07) is 7.88. The van der Waals surface area contributed by atoms with Gasteiger partial charge in [-0.3, -0.25) is 4.79 Å². The molecule has 2 rings (SSSR count). The van der Waals surface area contributed by atoms with Gasteiger partial charge in [-0.15, -0.1) is 12.6 Å². The molecule has 1 fully saturated rings. The summed E-state index contributed by atoms with van der Waals surface area (Å²) in [4.78, 5) is 12.9. The lowest BCUT2D eigenvalue weighted by molar-refractivity contribution is -0.132. The minimum atomic E-state index is 0.0133. The van der Waals surface area contributed by atoms with Gasteiger partial charge in [-0.05, 0) is 24.1 Å². The van der Waals surface area contributed by atoms with Crippen LogP contribution in [-0.4, -0.2) is 25.2 Å². The molecule has 19 heavy (non-hydrogen) atoms. The van der Waals surface area contributed by atoms with Gasteiger partial charge in [0.2, 0.25) is 5.91 Å². The molecule has 1 aliphatic rings. The average Bonchev–Trinajstić information content (AvgIpc) is 2.37. The van der Waals surface area contributed by atoms with E-state index in [1.165, 1.54) is 0 Å². The van der Waals surface area contributed by atoms with Gasteiger partial charge < -0.3 is 10.1 Å². The molecule has 0 aliphatic heterocycles. The molecule has 0 saturated heterocycles. The molecular weight excluding hydrogens is 258 g/mol. The molecule has 1 aliphatic carbocycles. The fraction of sp³-hybridized carbons (Fsp3) is 0.533. The minimum absolute atomic E-state index is 0.0133. The number of carbonyl (C=O) groups is 1. The highest BCUT2D eigenvalue weighted by Crippen LogP contribution is 2.42. The molecule has 1 amide bonds. The van der Waals surface area contributed by atoms with Gasteiger partial charge in [-0.1, -0.05) is 26.0 Å². The molecule has 104 valence electrons. The zero-order valence-electron chi connectivity index (χ0n) is 11.6. The first-order valence-corrected chi connectivity index (χ1v) is 6.98. The van der Waals surface area contributed by atoms with Gasteiger partial charge in [0, 0.05) is 23.5 Å². The Kier molecular flexibility index (Phi) is 4.21. The van der Waals surface area contributed by atoms with Crippen molar-refractivity contribution in [3.05, 3.63) is 29.8 Å². The Bertz CT molecular complexity index is 456. The summed E-state index contributed by atoms with van der Waals surface area (Å²) < 4.78 is 5.38. The van der Waals surface area contributed by atoms with Crippen molar-refractivity contribution < 1.29 is 9.53 Å². The van der Waals surface area contributed by atoms with Crippen molar-refractivity contribution in [2.75, 3.05) is 7.11 Å².